The van der Waals surface area contributed by atoms with Crippen LogP contribution in [-0.4, -0.2) is 25.0 Å². The number of carbonyl (C=O) groups is 1. The molecule has 0 aromatic heterocycles. The van der Waals surface area contributed by atoms with Crippen LogP contribution in [0.4, 0.5) is 4.79 Å². The molecule has 0 fully saturated rings. The number of urea groups is 1. The van der Waals surface area contributed by atoms with Crippen LogP contribution < -0.4 is 10.1 Å². The number of nitrogens with zero attached hydrogens (tertiary/aromatic N) is 1. The standard InChI is InChI=1S/C13H16ClN3O3S/c1-9-8-13(2,3)17(15-9)12(18)16-21(19,20)11-7-5-4-6-10(11)14/h4-8,15H,1-3H3,(H,16,18). The van der Waals surface area contributed by atoms with Crippen molar-refractivity contribution in [3.8, 4) is 0 Å². The molecule has 21 heavy (non-hydrogen) atoms. The van der Waals surface area contributed by atoms with Crippen LogP contribution in [0.15, 0.2) is 40.9 Å². The average Bonchev–Trinajstić information content (AvgIpc) is 2.62. The number of nitrogens with one attached hydrogen (secondary N) is 2. The van der Waals surface area contributed by atoms with Crippen LogP contribution in [-0.2, 0) is 10.0 Å². The molecule has 114 valence electrons. The van der Waals surface area contributed by atoms with Crippen molar-refractivity contribution in [2.45, 2.75) is 31.2 Å². The summed E-state index contributed by atoms with van der Waals surface area (Å²) in [5.41, 5.74) is 2.95. The molecular weight excluding hydrogens is 314 g/mol. The van der Waals surface area contributed by atoms with Crippen molar-refractivity contribution in [3.63, 3.8) is 0 Å². The van der Waals surface area contributed by atoms with E-state index in [1.165, 1.54) is 23.2 Å². The van der Waals surface area contributed by atoms with Crippen molar-refractivity contribution >= 4 is 27.7 Å². The number of benzene rings is 1. The maximum atomic E-state index is 12.2. The van der Waals surface area contributed by atoms with E-state index in [0.717, 1.165) is 5.70 Å². The largest absolute Gasteiger partial charge is 0.350 e. The van der Waals surface area contributed by atoms with Crippen LogP contribution in [0.25, 0.3) is 0 Å². The molecule has 1 aliphatic rings. The molecule has 2 amide bonds. The molecule has 0 saturated heterocycles. The van der Waals surface area contributed by atoms with Gasteiger partial charge in [0, 0.05) is 5.70 Å². The topological polar surface area (TPSA) is 78.5 Å². The van der Waals surface area contributed by atoms with Gasteiger partial charge in [0.15, 0.2) is 0 Å². The van der Waals surface area contributed by atoms with E-state index in [4.69, 9.17) is 11.6 Å². The molecule has 0 aliphatic carbocycles. The molecular formula is C13H16ClN3O3S. The van der Waals surface area contributed by atoms with Crippen molar-refractivity contribution in [2.75, 3.05) is 0 Å². The van der Waals surface area contributed by atoms with E-state index >= 15 is 0 Å². The molecule has 2 rings (SSSR count). The third-order valence-electron chi connectivity index (χ3n) is 2.99. The van der Waals surface area contributed by atoms with Gasteiger partial charge in [0.25, 0.3) is 10.0 Å². The van der Waals surface area contributed by atoms with E-state index in [1.807, 2.05) is 10.8 Å². The minimum atomic E-state index is -4.03. The summed E-state index contributed by atoms with van der Waals surface area (Å²) < 4.78 is 26.5. The van der Waals surface area contributed by atoms with Gasteiger partial charge in [-0.05, 0) is 39.0 Å². The van der Waals surface area contributed by atoms with E-state index in [9.17, 15) is 13.2 Å². The fourth-order valence-corrected chi connectivity index (χ4v) is 3.59. The highest BCUT2D eigenvalue weighted by molar-refractivity contribution is 7.90. The third kappa shape index (κ3) is 3.14. The van der Waals surface area contributed by atoms with Crippen molar-refractivity contribution < 1.29 is 13.2 Å². The molecule has 6 nitrogen and oxygen atoms in total. The lowest BCUT2D eigenvalue weighted by molar-refractivity contribution is 0.150. The van der Waals surface area contributed by atoms with E-state index in [0.29, 0.717) is 0 Å². The van der Waals surface area contributed by atoms with E-state index in [1.54, 1.807) is 26.8 Å². The lowest BCUT2D eigenvalue weighted by atomic mass is 10.1. The van der Waals surface area contributed by atoms with Gasteiger partial charge in [0.1, 0.15) is 4.90 Å². The van der Waals surface area contributed by atoms with Gasteiger partial charge in [0.2, 0.25) is 0 Å². The van der Waals surface area contributed by atoms with Gasteiger partial charge in [-0.3, -0.25) is 5.43 Å². The van der Waals surface area contributed by atoms with Crippen LogP contribution in [0.2, 0.25) is 5.02 Å². The molecule has 0 radical (unpaired) electrons. The van der Waals surface area contributed by atoms with E-state index < -0.39 is 21.6 Å². The van der Waals surface area contributed by atoms with Gasteiger partial charge >= 0.3 is 6.03 Å². The van der Waals surface area contributed by atoms with Gasteiger partial charge < -0.3 is 0 Å². The van der Waals surface area contributed by atoms with Crippen LogP contribution in [0.1, 0.15) is 20.8 Å². The summed E-state index contributed by atoms with van der Waals surface area (Å²) in [6, 6.07) is 5.16. The Morgan fingerprint density at radius 1 is 1.33 bits per heavy atom. The Bertz CT molecular complexity index is 713. The van der Waals surface area contributed by atoms with Crippen molar-refractivity contribution in [1.82, 2.24) is 15.2 Å². The Morgan fingerprint density at radius 3 is 2.48 bits per heavy atom. The number of allylic oxidation sites excluding steroid dienone is 1. The summed E-state index contributed by atoms with van der Waals surface area (Å²) in [4.78, 5) is 12.1. The molecule has 0 unspecified atom stereocenters. The summed E-state index contributed by atoms with van der Waals surface area (Å²) in [6.07, 6.45) is 1.83. The summed E-state index contributed by atoms with van der Waals surface area (Å²) in [5.74, 6) is 0. The second kappa shape index (κ2) is 5.23. The zero-order chi connectivity index (χ0) is 15.8. The zero-order valence-corrected chi connectivity index (χ0v) is 13.4. The number of hydrogen-bond donors (Lipinski definition) is 2. The minimum Gasteiger partial charge on any atom is -0.298 e. The van der Waals surface area contributed by atoms with E-state index in [-0.39, 0.29) is 9.92 Å². The quantitative estimate of drug-likeness (QED) is 0.872. The fraction of sp³-hybridized carbons (Fsp3) is 0.308. The lowest BCUT2D eigenvalue weighted by Crippen LogP contribution is -2.54. The molecule has 0 bridgehead atoms. The number of rotatable bonds is 2. The average molecular weight is 330 g/mol. The van der Waals surface area contributed by atoms with Crippen molar-refractivity contribution in [2.24, 2.45) is 0 Å². The molecule has 0 atom stereocenters. The second-order valence-electron chi connectivity index (χ2n) is 5.27. The third-order valence-corrected chi connectivity index (χ3v) is 4.81. The summed E-state index contributed by atoms with van der Waals surface area (Å²) in [7, 11) is -4.03. The second-order valence-corrected chi connectivity index (χ2v) is 7.33. The van der Waals surface area contributed by atoms with Crippen LogP contribution >= 0.6 is 11.6 Å². The molecule has 2 N–H and O–H groups in total. The normalized spacial score (nSPS) is 17.1. The van der Waals surface area contributed by atoms with Crippen LogP contribution in [0.3, 0.4) is 0 Å². The SMILES string of the molecule is CC1=CC(C)(C)N(C(=O)NS(=O)(=O)c2ccccc2Cl)N1. The number of amides is 2. The maximum Gasteiger partial charge on any atom is 0.350 e. The molecule has 8 heteroatoms. The highest BCUT2D eigenvalue weighted by atomic mass is 35.5. The van der Waals surface area contributed by atoms with Gasteiger partial charge in [-0.1, -0.05) is 23.7 Å². The van der Waals surface area contributed by atoms with Crippen molar-refractivity contribution in [3.05, 3.63) is 41.1 Å². The smallest absolute Gasteiger partial charge is 0.298 e. The summed E-state index contributed by atoms with van der Waals surface area (Å²) in [5, 5.41) is 1.28. The Morgan fingerprint density at radius 2 is 1.95 bits per heavy atom. The first-order chi connectivity index (χ1) is 9.63. The predicted octanol–water partition coefficient (Wildman–Crippen LogP) is 2.24. The number of hydrogen-bond acceptors (Lipinski definition) is 4. The number of carbonyl (C=O) groups excluding carboxylic acids is 1. The van der Waals surface area contributed by atoms with Gasteiger partial charge in [-0.2, -0.15) is 0 Å². The van der Waals surface area contributed by atoms with Crippen molar-refractivity contribution in [1.29, 1.82) is 0 Å². The van der Waals surface area contributed by atoms with Crippen LogP contribution in [0, 0.1) is 0 Å². The Labute approximate surface area is 128 Å². The number of halogens is 1. The number of sulfonamides is 1. The van der Waals surface area contributed by atoms with Gasteiger partial charge in [-0.25, -0.2) is 22.9 Å². The molecule has 1 heterocycles. The molecule has 1 aromatic carbocycles. The zero-order valence-electron chi connectivity index (χ0n) is 11.8. The fourth-order valence-electron chi connectivity index (χ4n) is 2.14. The Hall–Kier alpha value is -1.73. The Kier molecular flexibility index (Phi) is 3.90. The lowest BCUT2D eigenvalue weighted by Gasteiger charge is -2.30. The van der Waals surface area contributed by atoms with Crippen LogP contribution in [0.5, 0.6) is 0 Å². The minimum absolute atomic E-state index is 0.0562. The number of hydrazine groups is 1. The molecule has 1 aliphatic heterocycles. The van der Waals surface area contributed by atoms with Gasteiger partial charge in [0.05, 0.1) is 10.6 Å². The first kappa shape index (κ1) is 15.7. The monoisotopic (exact) mass is 329 g/mol. The summed E-state index contributed by atoms with van der Waals surface area (Å²) >= 11 is 5.86. The molecule has 1 aromatic rings. The molecule has 0 saturated carbocycles. The Balaban J connectivity index is 2.23. The first-order valence-electron chi connectivity index (χ1n) is 6.21. The predicted molar refractivity (Wildman–Crippen MR) is 80.0 cm³/mol. The summed E-state index contributed by atoms with van der Waals surface area (Å²) in [6.45, 7) is 5.37. The molecule has 0 spiro atoms. The van der Waals surface area contributed by atoms with E-state index in [2.05, 4.69) is 5.43 Å². The highest BCUT2D eigenvalue weighted by Gasteiger charge is 2.36. The highest BCUT2D eigenvalue weighted by Crippen LogP contribution is 2.24. The first-order valence-corrected chi connectivity index (χ1v) is 8.07. The maximum absolute atomic E-state index is 12.2. The van der Waals surface area contributed by atoms with Gasteiger partial charge in [-0.15, -0.1) is 0 Å².